The Kier molecular flexibility index (Phi) is 9.33. The van der Waals surface area contributed by atoms with Crippen LogP contribution in [0.25, 0.3) is 0 Å². The van der Waals surface area contributed by atoms with E-state index in [1.807, 2.05) is 0 Å². The normalized spacial score (nSPS) is 27.7. The van der Waals surface area contributed by atoms with Gasteiger partial charge in [0.25, 0.3) is 0 Å². The summed E-state index contributed by atoms with van der Waals surface area (Å²) in [5, 5.41) is 8.66. The van der Waals surface area contributed by atoms with Crippen LogP contribution in [0.1, 0.15) is 107 Å². The zero-order valence-corrected chi connectivity index (χ0v) is 18.6. The lowest BCUT2D eigenvalue weighted by Gasteiger charge is -2.29. The first-order valence-electron chi connectivity index (χ1n) is 12.4. The predicted octanol–water partition coefficient (Wildman–Crippen LogP) is 8.36. The van der Waals surface area contributed by atoms with Crippen molar-refractivity contribution in [3.05, 3.63) is 47.5 Å². The lowest BCUT2D eigenvalue weighted by Crippen LogP contribution is -2.14. The largest absolute Gasteiger partial charge is 0.193 e. The fourth-order valence-corrected chi connectivity index (χ4v) is 5.74. The van der Waals surface area contributed by atoms with Crippen molar-refractivity contribution in [1.82, 2.24) is 0 Å². The highest BCUT2D eigenvalue weighted by atomic mass is 14.3. The topological polar surface area (TPSA) is 23.8 Å². The van der Waals surface area contributed by atoms with Crippen molar-refractivity contribution >= 4 is 0 Å². The summed E-state index contributed by atoms with van der Waals surface area (Å²) >= 11 is 0. The number of nitriles is 1. The maximum absolute atomic E-state index is 8.66. The fraction of sp³-hybridized carbons (Fsp3) is 0.679. The highest BCUT2D eigenvalue weighted by Gasteiger charge is 2.23. The van der Waals surface area contributed by atoms with Gasteiger partial charge >= 0.3 is 0 Å². The summed E-state index contributed by atoms with van der Waals surface area (Å²) in [7, 11) is 0. The van der Waals surface area contributed by atoms with Crippen LogP contribution in [0.2, 0.25) is 0 Å². The predicted molar refractivity (Wildman–Crippen MR) is 124 cm³/mol. The molecule has 2 saturated carbocycles. The highest BCUT2D eigenvalue weighted by Crippen LogP contribution is 2.38. The minimum atomic E-state index is 0.670. The van der Waals surface area contributed by atoms with Gasteiger partial charge in [-0.05, 0) is 92.6 Å². The quantitative estimate of drug-likeness (QED) is 0.306. The second-order valence-corrected chi connectivity index (χ2v) is 9.76. The van der Waals surface area contributed by atoms with Crippen LogP contribution in [-0.4, -0.2) is 0 Å². The zero-order valence-electron chi connectivity index (χ0n) is 18.6. The molecular formula is C28H41N. The van der Waals surface area contributed by atoms with Gasteiger partial charge in [0.05, 0.1) is 6.07 Å². The molecule has 1 nitrogen and oxygen atoms in total. The molecule has 1 aromatic carbocycles. The molecule has 0 saturated heterocycles. The van der Waals surface area contributed by atoms with Crippen molar-refractivity contribution in [3.8, 4) is 6.07 Å². The summed E-state index contributed by atoms with van der Waals surface area (Å²) in [5.41, 5.74) is 3.08. The summed E-state index contributed by atoms with van der Waals surface area (Å²) in [4.78, 5) is 0. The molecule has 0 amide bonds. The van der Waals surface area contributed by atoms with Crippen LogP contribution in [0, 0.1) is 29.1 Å². The summed E-state index contributed by atoms with van der Waals surface area (Å²) < 4.78 is 0. The molecule has 29 heavy (non-hydrogen) atoms. The van der Waals surface area contributed by atoms with E-state index in [-0.39, 0.29) is 0 Å². The van der Waals surface area contributed by atoms with Gasteiger partial charge in [-0.2, -0.15) is 5.26 Å². The van der Waals surface area contributed by atoms with Crippen LogP contribution in [-0.2, 0) is 6.42 Å². The number of unbranched alkanes of at least 4 members (excludes halogenated alkanes) is 1. The Morgan fingerprint density at radius 2 is 1.45 bits per heavy atom. The van der Waals surface area contributed by atoms with Crippen LogP contribution < -0.4 is 0 Å². The number of benzene rings is 1. The standard InChI is InChI=1S/C28H41N/c1-2-6-23-14-18-27(19-15-23)28-20-16-25(17-21-28)8-4-3-7-24-10-12-26(13-11-24)9-5-22-29/h5,9,14-15,18-19,24-26,28H,2-4,6-8,10-13,16-17,20-21H2,1H3/b9-5+. The SMILES string of the molecule is CCCc1ccc(C2CCC(CCCCC3CCC(/C=C/C#N)CC3)CC2)cc1. The fourth-order valence-electron chi connectivity index (χ4n) is 5.74. The van der Waals surface area contributed by atoms with Crippen molar-refractivity contribution in [1.29, 1.82) is 5.26 Å². The molecule has 0 radical (unpaired) electrons. The van der Waals surface area contributed by atoms with Gasteiger partial charge in [-0.15, -0.1) is 0 Å². The minimum Gasteiger partial charge on any atom is -0.193 e. The average molecular weight is 392 g/mol. The molecule has 2 aliphatic rings. The van der Waals surface area contributed by atoms with Gasteiger partial charge in [0, 0.05) is 6.08 Å². The van der Waals surface area contributed by atoms with Crippen LogP contribution in [0.3, 0.4) is 0 Å². The van der Waals surface area contributed by atoms with Gasteiger partial charge in [-0.3, -0.25) is 0 Å². The average Bonchev–Trinajstić information content (AvgIpc) is 2.77. The minimum absolute atomic E-state index is 0.670. The lowest BCUT2D eigenvalue weighted by atomic mass is 9.76. The van der Waals surface area contributed by atoms with Gasteiger partial charge in [0.1, 0.15) is 0 Å². The zero-order chi connectivity index (χ0) is 20.3. The second-order valence-electron chi connectivity index (χ2n) is 9.76. The molecular weight excluding hydrogens is 350 g/mol. The molecule has 2 fully saturated rings. The number of hydrogen-bond donors (Lipinski definition) is 0. The third-order valence-electron chi connectivity index (χ3n) is 7.65. The Morgan fingerprint density at radius 1 is 0.862 bits per heavy atom. The van der Waals surface area contributed by atoms with Crippen molar-refractivity contribution in [3.63, 3.8) is 0 Å². The van der Waals surface area contributed by atoms with Crippen molar-refractivity contribution in [2.75, 3.05) is 0 Å². The first kappa shape index (κ1) is 22.1. The summed E-state index contributed by atoms with van der Waals surface area (Å²) in [5.74, 6) is 3.42. The first-order chi connectivity index (χ1) is 14.3. The summed E-state index contributed by atoms with van der Waals surface area (Å²) in [6, 6.07) is 11.7. The Bertz CT molecular complexity index is 634. The van der Waals surface area contributed by atoms with E-state index in [2.05, 4.69) is 43.3 Å². The smallest absolute Gasteiger partial charge is 0.0908 e. The second kappa shape index (κ2) is 12.2. The summed E-state index contributed by atoms with van der Waals surface area (Å²) in [6.45, 7) is 2.26. The van der Waals surface area contributed by atoms with E-state index in [1.54, 1.807) is 11.6 Å². The number of nitrogens with zero attached hydrogens (tertiary/aromatic N) is 1. The highest BCUT2D eigenvalue weighted by molar-refractivity contribution is 5.25. The van der Waals surface area contributed by atoms with Crippen LogP contribution in [0.4, 0.5) is 0 Å². The summed E-state index contributed by atoms with van der Waals surface area (Å²) in [6.07, 6.45) is 23.1. The lowest BCUT2D eigenvalue weighted by molar-refractivity contribution is 0.273. The third kappa shape index (κ3) is 7.33. The number of rotatable bonds is 9. The maximum atomic E-state index is 8.66. The molecule has 0 aromatic heterocycles. The van der Waals surface area contributed by atoms with Crippen LogP contribution >= 0.6 is 0 Å². The molecule has 0 unspecified atom stereocenters. The van der Waals surface area contributed by atoms with Crippen molar-refractivity contribution in [2.24, 2.45) is 17.8 Å². The Labute approximate surface area is 179 Å². The Balaban J connectivity index is 1.27. The van der Waals surface area contributed by atoms with E-state index < -0.39 is 0 Å². The maximum Gasteiger partial charge on any atom is 0.0908 e. The third-order valence-corrected chi connectivity index (χ3v) is 7.65. The molecule has 0 N–H and O–H groups in total. The monoisotopic (exact) mass is 391 g/mol. The molecule has 2 aliphatic carbocycles. The molecule has 0 spiro atoms. The van der Waals surface area contributed by atoms with Gasteiger partial charge in [-0.25, -0.2) is 0 Å². The van der Waals surface area contributed by atoms with Crippen molar-refractivity contribution in [2.45, 2.75) is 103 Å². The van der Waals surface area contributed by atoms with Gasteiger partial charge in [0.15, 0.2) is 0 Å². The van der Waals surface area contributed by atoms with Crippen molar-refractivity contribution < 1.29 is 0 Å². The molecule has 158 valence electrons. The van der Waals surface area contributed by atoms with Gasteiger partial charge < -0.3 is 0 Å². The van der Waals surface area contributed by atoms with E-state index in [9.17, 15) is 0 Å². The number of hydrogen-bond acceptors (Lipinski definition) is 1. The first-order valence-corrected chi connectivity index (χ1v) is 12.4. The molecule has 0 heterocycles. The Hall–Kier alpha value is -1.55. The van der Waals surface area contributed by atoms with Gasteiger partial charge in [0.2, 0.25) is 0 Å². The van der Waals surface area contributed by atoms with Crippen LogP contribution in [0.15, 0.2) is 36.4 Å². The van der Waals surface area contributed by atoms with E-state index in [4.69, 9.17) is 5.26 Å². The Morgan fingerprint density at radius 3 is 2.00 bits per heavy atom. The van der Waals surface area contributed by atoms with Gasteiger partial charge in [-0.1, -0.05) is 69.4 Å². The molecule has 1 aromatic rings. The number of aryl methyl sites for hydroxylation is 1. The molecule has 0 aliphatic heterocycles. The van der Waals surface area contributed by atoms with E-state index in [0.29, 0.717) is 5.92 Å². The molecule has 1 heteroatoms. The molecule has 3 rings (SSSR count). The molecule has 0 atom stereocenters. The van der Waals surface area contributed by atoms with Crippen LogP contribution in [0.5, 0.6) is 0 Å². The molecule has 0 bridgehead atoms. The van der Waals surface area contributed by atoms with E-state index in [0.717, 1.165) is 17.8 Å². The number of allylic oxidation sites excluding steroid dienone is 2. The van der Waals surface area contributed by atoms with E-state index in [1.165, 1.54) is 95.5 Å². The van der Waals surface area contributed by atoms with E-state index >= 15 is 0 Å².